The van der Waals surface area contributed by atoms with Crippen molar-refractivity contribution in [3.63, 3.8) is 0 Å². The van der Waals surface area contributed by atoms with E-state index in [-0.39, 0.29) is 22.8 Å². The molecule has 6 nitrogen and oxygen atoms in total. The van der Waals surface area contributed by atoms with E-state index >= 15 is 0 Å². The van der Waals surface area contributed by atoms with Gasteiger partial charge in [0.1, 0.15) is 0 Å². The number of halogens is 1. The summed E-state index contributed by atoms with van der Waals surface area (Å²) in [7, 11) is 1.32. The minimum Gasteiger partial charge on any atom is -0.479 e. The molecule has 2 amide bonds. The van der Waals surface area contributed by atoms with Gasteiger partial charge >= 0.3 is 0 Å². The van der Waals surface area contributed by atoms with Crippen molar-refractivity contribution >= 4 is 17.5 Å². The van der Waals surface area contributed by atoms with Crippen molar-refractivity contribution in [2.24, 2.45) is 0 Å². The third kappa shape index (κ3) is 4.93. The zero-order chi connectivity index (χ0) is 28.4. The molecule has 204 valence electrons. The molecule has 1 aromatic heterocycles. The SMILES string of the molecule is COc1nccc(C(=O)N2CC3(CCN(C(=O)c4ccc(C#Cc5ccccc5)cc4)CC3)c3ccccc32)c1F. The topological polar surface area (TPSA) is 62.7 Å². The number of ether oxygens (including phenoxy) is 1. The summed E-state index contributed by atoms with van der Waals surface area (Å²) in [5.74, 6) is 4.85. The predicted octanol–water partition coefficient (Wildman–Crippen LogP) is 5.46. The Hall–Kier alpha value is -4.96. The van der Waals surface area contributed by atoms with Crippen molar-refractivity contribution in [2.75, 3.05) is 31.6 Å². The fourth-order valence-corrected chi connectivity index (χ4v) is 5.80. The molecule has 3 aromatic carbocycles. The highest BCUT2D eigenvalue weighted by atomic mass is 19.1. The number of methoxy groups -OCH3 is 1. The number of pyridine rings is 1. The van der Waals surface area contributed by atoms with Gasteiger partial charge in [0, 0.05) is 53.6 Å². The first-order valence-corrected chi connectivity index (χ1v) is 13.6. The monoisotopic (exact) mass is 545 g/mol. The van der Waals surface area contributed by atoms with Crippen LogP contribution in [-0.4, -0.2) is 48.4 Å². The van der Waals surface area contributed by atoms with Gasteiger partial charge in [-0.1, -0.05) is 48.2 Å². The zero-order valence-electron chi connectivity index (χ0n) is 22.6. The second-order valence-electron chi connectivity index (χ2n) is 10.4. The maximum atomic E-state index is 14.9. The number of benzene rings is 3. The highest BCUT2D eigenvalue weighted by Crippen LogP contribution is 2.47. The van der Waals surface area contributed by atoms with Crippen LogP contribution in [0.1, 0.15) is 50.2 Å². The van der Waals surface area contributed by atoms with E-state index in [1.807, 2.05) is 83.8 Å². The van der Waals surface area contributed by atoms with Gasteiger partial charge in [0.05, 0.1) is 12.7 Å². The fourth-order valence-electron chi connectivity index (χ4n) is 5.80. The van der Waals surface area contributed by atoms with Crippen LogP contribution in [0, 0.1) is 17.7 Å². The Labute approximate surface area is 238 Å². The van der Waals surface area contributed by atoms with Gasteiger partial charge in [-0.15, -0.1) is 0 Å². The molecule has 0 aliphatic carbocycles. The first-order chi connectivity index (χ1) is 20.0. The number of para-hydroxylation sites is 1. The maximum absolute atomic E-state index is 14.9. The summed E-state index contributed by atoms with van der Waals surface area (Å²) in [6.45, 7) is 1.54. The lowest BCUT2D eigenvalue weighted by Crippen LogP contribution is -2.47. The number of carbonyl (C=O) groups excluding carboxylic acids is 2. The molecule has 0 unspecified atom stereocenters. The van der Waals surface area contributed by atoms with E-state index in [0.717, 1.165) is 22.4 Å². The van der Waals surface area contributed by atoms with Crippen molar-refractivity contribution < 1.29 is 18.7 Å². The first kappa shape index (κ1) is 26.3. The molecule has 0 bridgehead atoms. The Morgan fingerprint density at radius 1 is 0.854 bits per heavy atom. The van der Waals surface area contributed by atoms with E-state index < -0.39 is 11.7 Å². The normalized spacial score (nSPS) is 15.2. The summed E-state index contributed by atoms with van der Waals surface area (Å²) >= 11 is 0. The first-order valence-electron chi connectivity index (χ1n) is 13.6. The van der Waals surface area contributed by atoms with Crippen LogP contribution in [0.3, 0.4) is 0 Å². The van der Waals surface area contributed by atoms with Crippen molar-refractivity contribution in [2.45, 2.75) is 18.3 Å². The van der Waals surface area contributed by atoms with E-state index in [1.165, 1.54) is 19.4 Å². The standard InChI is InChI=1S/C34H28FN3O3/c1-41-31-30(35)27(17-20-36-31)33(40)38-23-34(28-9-5-6-10-29(28)38)18-21-37(22-19-34)32(39)26-15-13-25(14-16-26)12-11-24-7-3-2-4-8-24/h2-10,13-17,20H,18-19,21-23H2,1H3. The Balaban J connectivity index is 1.17. The van der Waals surface area contributed by atoms with E-state index in [1.54, 1.807) is 4.90 Å². The van der Waals surface area contributed by atoms with Gasteiger partial charge < -0.3 is 14.5 Å². The van der Waals surface area contributed by atoms with Gasteiger partial charge in [0.2, 0.25) is 0 Å². The van der Waals surface area contributed by atoms with Crippen LogP contribution in [0.5, 0.6) is 5.88 Å². The molecule has 1 fully saturated rings. The molecule has 3 heterocycles. The quantitative estimate of drug-likeness (QED) is 0.321. The molecule has 6 rings (SSSR count). The van der Waals surface area contributed by atoms with Gasteiger partial charge in [-0.2, -0.15) is 0 Å². The smallest absolute Gasteiger partial charge is 0.261 e. The summed E-state index contributed by atoms with van der Waals surface area (Å²) in [4.78, 5) is 34.3. The molecule has 2 aliphatic rings. The average molecular weight is 546 g/mol. The molecule has 4 aromatic rings. The van der Waals surface area contributed by atoms with E-state index in [0.29, 0.717) is 38.0 Å². The van der Waals surface area contributed by atoms with E-state index in [9.17, 15) is 14.0 Å². The lowest BCUT2D eigenvalue weighted by molar-refractivity contribution is 0.0670. The molecule has 7 heteroatoms. The Morgan fingerprint density at radius 3 is 2.22 bits per heavy atom. The molecule has 2 aliphatic heterocycles. The van der Waals surface area contributed by atoms with Crippen LogP contribution in [-0.2, 0) is 5.41 Å². The lowest BCUT2D eigenvalue weighted by atomic mass is 9.74. The highest BCUT2D eigenvalue weighted by Gasteiger charge is 2.47. The number of amides is 2. The zero-order valence-corrected chi connectivity index (χ0v) is 22.6. The predicted molar refractivity (Wildman–Crippen MR) is 155 cm³/mol. The average Bonchev–Trinajstić information content (AvgIpc) is 3.34. The fraction of sp³-hybridized carbons (Fsp3) is 0.206. The third-order valence-corrected chi connectivity index (χ3v) is 8.02. The number of hydrogen-bond acceptors (Lipinski definition) is 4. The molecule has 0 radical (unpaired) electrons. The summed E-state index contributed by atoms with van der Waals surface area (Å²) in [5, 5.41) is 0. The number of nitrogens with zero attached hydrogens (tertiary/aromatic N) is 3. The van der Waals surface area contributed by atoms with Crippen LogP contribution in [0.15, 0.2) is 91.1 Å². The maximum Gasteiger partial charge on any atom is 0.261 e. The summed E-state index contributed by atoms with van der Waals surface area (Å²) < 4.78 is 19.9. The van der Waals surface area contributed by atoms with Gasteiger partial charge in [0.15, 0.2) is 5.82 Å². The number of piperidine rings is 1. The molecular weight excluding hydrogens is 517 g/mol. The summed E-state index contributed by atoms with van der Waals surface area (Å²) in [6, 6.07) is 26.3. The molecule has 0 N–H and O–H groups in total. The van der Waals surface area contributed by atoms with Gasteiger partial charge in [-0.05, 0) is 66.9 Å². The van der Waals surface area contributed by atoms with Gasteiger partial charge in [-0.25, -0.2) is 9.37 Å². The minimum atomic E-state index is -0.768. The largest absolute Gasteiger partial charge is 0.479 e. The van der Waals surface area contributed by atoms with Crippen molar-refractivity contribution in [3.05, 3.63) is 125 Å². The van der Waals surface area contributed by atoms with E-state index in [2.05, 4.69) is 16.8 Å². The Kier molecular flexibility index (Phi) is 6.98. The molecule has 0 atom stereocenters. The summed E-state index contributed by atoms with van der Waals surface area (Å²) in [6.07, 6.45) is 2.77. The minimum absolute atomic E-state index is 0.0208. The van der Waals surface area contributed by atoms with Crippen LogP contribution >= 0.6 is 0 Å². The van der Waals surface area contributed by atoms with Gasteiger partial charge in [-0.3, -0.25) is 9.59 Å². The molecule has 41 heavy (non-hydrogen) atoms. The molecule has 1 spiro atoms. The Bertz CT molecular complexity index is 1670. The molecule has 1 saturated heterocycles. The second kappa shape index (κ2) is 10.9. The van der Waals surface area contributed by atoms with Crippen LogP contribution < -0.4 is 9.64 Å². The van der Waals surface area contributed by atoms with Crippen molar-refractivity contribution in [3.8, 4) is 17.7 Å². The number of carbonyl (C=O) groups is 2. The van der Waals surface area contributed by atoms with Crippen molar-refractivity contribution in [1.82, 2.24) is 9.88 Å². The van der Waals surface area contributed by atoms with Crippen LogP contribution in [0.2, 0.25) is 0 Å². The van der Waals surface area contributed by atoms with Crippen LogP contribution in [0.4, 0.5) is 10.1 Å². The van der Waals surface area contributed by atoms with Gasteiger partial charge in [0.25, 0.3) is 17.7 Å². The molecular formula is C34H28FN3O3. The van der Waals surface area contributed by atoms with Crippen LogP contribution in [0.25, 0.3) is 0 Å². The second-order valence-corrected chi connectivity index (χ2v) is 10.4. The number of fused-ring (bicyclic) bond motifs is 2. The number of likely N-dealkylation sites (tertiary alicyclic amines) is 1. The number of hydrogen-bond donors (Lipinski definition) is 0. The number of anilines is 1. The number of rotatable bonds is 3. The summed E-state index contributed by atoms with van der Waals surface area (Å²) in [5.41, 5.74) is 3.86. The Morgan fingerprint density at radius 2 is 1.51 bits per heavy atom. The van der Waals surface area contributed by atoms with E-state index in [4.69, 9.17) is 4.74 Å². The highest BCUT2D eigenvalue weighted by molar-refractivity contribution is 6.08. The molecule has 0 saturated carbocycles. The number of aromatic nitrogens is 1. The third-order valence-electron chi connectivity index (χ3n) is 8.02. The van der Waals surface area contributed by atoms with Crippen molar-refractivity contribution in [1.29, 1.82) is 0 Å². The lowest BCUT2D eigenvalue weighted by Gasteiger charge is -2.40.